The second-order valence-electron chi connectivity index (χ2n) is 4.44. The molecule has 2 heteroatoms. The summed E-state index contributed by atoms with van der Waals surface area (Å²) < 4.78 is 5.40. The van der Waals surface area contributed by atoms with Crippen molar-refractivity contribution in [1.29, 1.82) is 0 Å². The lowest BCUT2D eigenvalue weighted by Gasteiger charge is -2.27. The van der Waals surface area contributed by atoms with Crippen molar-refractivity contribution in [2.75, 3.05) is 32.2 Å². The molecule has 1 atom stereocenters. The molecule has 1 heterocycles. The zero-order valence-corrected chi connectivity index (χ0v) is 13.8. The second kappa shape index (κ2) is 8.98. The SMILES string of the molecule is CC.CC.CCC1(COC)CN(C)c2ccccc21. The van der Waals surface area contributed by atoms with Gasteiger partial charge in [-0.05, 0) is 18.1 Å². The molecule has 0 saturated carbocycles. The van der Waals surface area contributed by atoms with E-state index in [0.29, 0.717) is 0 Å². The summed E-state index contributed by atoms with van der Waals surface area (Å²) in [7, 11) is 3.95. The Hall–Kier alpha value is -1.02. The van der Waals surface area contributed by atoms with Gasteiger partial charge in [0.2, 0.25) is 0 Å². The molecule has 0 aromatic heterocycles. The van der Waals surface area contributed by atoms with Crippen molar-refractivity contribution >= 4 is 5.69 Å². The Morgan fingerprint density at radius 3 is 2.26 bits per heavy atom. The van der Waals surface area contributed by atoms with Crippen LogP contribution in [0.3, 0.4) is 0 Å². The summed E-state index contributed by atoms with van der Waals surface area (Å²) in [6.07, 6.45) is 1.13. The summed E-state index contributed by atoms with van der Waals surface area (Å²) in [5.41, 5.74) is 2.99. The van der Waals surface area contributed by atoms with Crippen LogP contribution in [0.2, 0.25) is 0 Å². The number of para-hydroxylation sites is 1. The molecule has 0 aliphatic carbocycles. The molecule has 1 aliphatic rings. The number of likely N-dealkylation sites (N-methyl/N-ethyl adjacent to an activating group) is 1. The van der Waals surface area contributed by atoms with Gasteiger partial charge in [0.05, 0.1) is 6.61 Å². The van der Waals surface area contributed by atoms with Crippen LogP contribution in [0, 0.1) is 0 Å². The zero-order valence-electron chi connectivity index (χ0n) is 13.8. The lowest BCUT2D eigenvalue weighted by Crippen LogP contribution is -2.35. The maximum Gasteiger partial charge on any atom is 0.0576 e. The lowest BCUT2D eigenvalue weighted by molar-refractivity contribution is 0.134. The quantitative estimate of drug-likeness (QED) is 0.799. The first-order valence-corrected chi connectivity index (χ1v) is 7.53. The van der Waals surface area contributed by atoms with Gasteiger partial charge in [0.25, 0.3) is 0 Å². The number of hydrogen-bond donors (Lipinski definition) is 0. The van der Waals surface area contributed by atoms with Gasteiger partial charge in [-0.3, -0.25) is 0 Å². The first-order valence-electron chi connectivity index (χ1n) is 7.53. The van der Waals surface area contributed by atoms with E-state index < -0.39 is 0 Å². The highest BCUT2D eigenvalue weighted by Crippen LogP contribution is 2.42. The average Bonchev–Trinajstić information content (AvgIpc) is 2.78. The number of ether oxygens (including phenoxy) is 1. The van der Waals surface area contributed by atoms with Crippen molar-refractivity contribution in [2.45, 2.75) is 46.5 Å². The molecule has 0 bridgehead atoms. The normalized spacial score (nSPS) is 19.8. The van der Waals surface area contributed by atoms with E-state index in [1.165, 1.54) is 11.3 Å². The van der Waals surface area contributed by atoms with Crippen LogP contribution in [-0.2, 0) is 10.2 Å². The molecular formula is C17H31NO. The Kier molecular flexibility index (Phi) is 8.49. The Labute approximate surface area is 119 Å². The number of nitrogens with zero attached hydrogens (tertiary/aromatic N) is 1. The van der Waals surface area contributed by atoms with Crippen molar-refractivity contribution in [2.24, 2.45) is 0 Å². The Morgan fingerprint density at radius 2 is 1.74 bits per heavy atom. The maximum atomic E-state index is 5.40. The molecule has 1 aromatic carbocycles. The molecule has 0 saturated heterocycles. The maximum absolute atomic E-state index is 5.40. The molecule has 110 valence electrons. The third-order valence-electron chi connectivity index (χ3n) is 3.52. The van der Waals surface area contributed by atoms with Gasteiger partial charge in [0.1, 0.15) is 0 Å². The fourth-order valence-corrected chi connectivity index (χ4v) is 2.68. The Bertz CT molecular complexity index is 351. The summed E-state index contributed by atoms with van der Waals surface area (Å²) in [5.74, 6) is 0. The fraction of sp³-hybridized carbons (Fsp3) is 0.647. The van der Waals surface area contributed by atoms with Crippen LogP contribution in [0.5, 0.6) is 0 Å². The monoisotopic (exact) mass is 265 g/mol. The van der Waals surface area contributed by atoms with Gasteiger partial charge < -0.3 is 9.64 Å². The van der Waals surface area contributed by atoms with E-state index in [-0.39, 0.29) is 5.41 Å². The minimum absolute atomic E-state index is 0.195. The van der Waals surface area contributed by atoms with Crippen molar-refractivity contribution in [3.8, 4) is 0 Å². The Balaban J connectivity index is 0.000000741. The lowest BCUT2D eigenvalue weighted by atomic mass is 9.81. The molecule has 0 spiro atoms. The van der Waals surface area contributed by atoms with Crippen LogP contribution in [0.15, 0.2) is 24.3 Å². The Morgan fingerprint density at radius 1 is 1.16 bits per heavy atom. The van der Waals surface area contributed by atoms with Crippen LogP contribution in [0.25, 0.3) is 0 Å². The van der Waals surface area contributed by atoms with Gasteiger partial charge in [0, 0.05) is 31.8 Å². The van der Waals surface area contributed by atoms with Gasteiger partial charge in [-0.2, -0.15) is 0 Å². The largest absolute Gasteiger partial charge is 0.384 e. The standard InChI is InChI=1S/C13H19NO.2C2H6/c1-4-13(10-15-3)9-14(2)12-8-6-5-7-11(12)13;2*1-2/h5-8H,4,9-10H2,1-3H3;2*1-2H3. The van der Waals surface area contributed by atoms with Gasteiger partial charge in [-0.1, -0.05) is 52.8 Å². The van der Waals surface area contributed by atoms with E-state index in [9.17, 15) is 0 Å². The van der Waals surface area contributed by atoms with E-state index in [1.54, 1.807) is 7.11 Å². The third-order valence-corrected chi connectivity index (χ3v) is 3.52. The summed E-state index contributed by atoms with van der Waals surface area (Å²) in [5, 5.41) is 0. The van der Waals surface area contributed by atoms with Crippen molar-refractivity contribution in [3.05, 3.63) is 29.8 Å². The molecule has 2 rings (SSSR count). The minimum Gasteiger partial charge on any atom is -0.384 e. The first kappa shape index (κ1) is 18.0. The summed E-state index contributed by atoms with van der Waals surface area (Å²) >= 11 is 0. The van der Waals surface area contributed by atoms with E-state index >= 15 is 0 Å². The fourth-order valence-electron chi connectivity index (χ4n) is 2.68. The van der Waals surface area contributed by atoms with Gasteiger partial charge in [0.15, 0.2) is 0 Å². The molecule has 2 nitrogen and oxygen atoms in total. The third kappa shape index (κ3) is 3.73. The number of rotatable bonds is 3. The number of anilines is 1. The molecule has 1 aromatic rings. The summed E-state index contributed by atoms with van der Waals surface area (Å²) in [6, 6.07) is 8.66. The van der Waals surface area contributed by atoms with E-state index in [2.05, 4.69) is 43.1 Å². The van der Waals surface area contributed by atoms with Gasteiger partial charge in [-0.15, -0.1) is 0 Å². The highest BCUT2D eigenvalue weighted by Gasteiger charge is 2.39. The average molecular weight is 265 g/mol. The first-order chi connectivity index (χ1) is 9.23. The number of methoxy groups -OCH3 is 1. The molecule has 0 N–H and O–H groups in total. The van der Waals surface area contributed by atoms with Crippen LogP contribution in [-0.4, -0.2) is 27.3 Å². The van der Waals surface area contributed by atoms with Crippen molar-refractivity contribution in [3.63, 3.8) is 0 Å². The molecule has 1 aliphatic heterocycles. The predicted molar refractivity (Wildman–Crippen MR) is 86.3 cm³/mol. The van der Waals surface area contributed by atoms with E-state index in [1.807, 2.05) is 27.7 Å². The summed E-state index contributed by atoms with van der Waals surface area (Å²) in [4.78, 5) is 2.33. The van der Waals surface area contributed by atoms with Crippen LogP contribution in [0.1, 0.15) is 46.6 Å². The molecule has 0 amide bonds. The van der Waals surface area contributed by atoms with Crippen molar-refractivity contribution in [1.82, 2.24) is 0 Å². The molecular weight excluding hydrogens is 234 g/mol. The van der Waals surface area contributed by atoms with Crippen LogP contribution in [0.4, 0.5) is 5.69 Å². The highest BCUT2D eigenvalue weighted by molar-refractivity contribution is 5.62. The van der Waals surface area contributed by atoms with Crippen LogP contribution < -0.4 is 4.90 Å². The van der Waals surface area contributed by atoms with Crippen LogP contribution >= 0.6 is 0 Å². The molecule has 0 radical (unpaired) electrons. The molecule has 19 heavy (non-hydrogen) atoms. The van der Waals surface area contributed by atoms with Gasteiger partial charge in [-0.25, -0.2) is 0 Å². The molecule has 1 unspecified atom stereocenters. The second-order valence-corrected chi connectivity index (χ2v) is 4.44. The predicted octanol–water partition coefficient (Wildman–Crippen LogP) is 4.48. The number of hydrogen-bond acceptors (Lipinski definition) is 2. The summed E-state index contributed by atoms with van der Waals surface area (Å²) in [6.45, 7) is 12.1. The smallest absolute Gasteiger partial charge is 0.0576 e. The number of fused-ring (bicyclic) bond motifs is 1. The van der Waals surface area contributed by atoms with Gasteiger partial charge >= 0.3 is 0 Å². The minimum atomic E-state index is 0.195. The topological polar surface area (TPSA) is 12.5 Å². The van der Waals surface area contributed by atoms with Crippen molar-refractivity contribution < 1.29 is 4.74 Å². The molecule has 0 fully saturated rings. The van der Waals surface area contributed by atoms with E-state index in [0.717, 1.165) is 19.6 Å². The highest BCUT2D eigenvalue weighted by atomic mass is 16.5. The zero-order chi connectivity index (χ0) is 14.9. The number of benzene rings is 1. The van der Waals surface area contributed by atoms with E-state index in [4.69, 9.17) is 4.74 Å².